The summed E-state index contributed by atoms with van der Waals surface area (Å²) in [7, 11) is 0. The summed E-state index contributed by atoms with van der Waals surface area (Å²) in [6.07, 6.45) is 4.20. The zero-order valence-corrected chi connectivity index (χ0v) is 22.4. The molecule has 6 rings (SSSR count). The highest BCUT2D eigenvalue weighted by atomic mass is 19.1. The fourth-order valence-corrected chi connectivity index (χ4v) is 6.10. The highest BCUT2D eigenvalue weighted by Gasteiger charge is 2.58. The van der Waals surface area contributed by atoms with Gasteiger partial charge in [0.2, 0.25) is 11.5 Å². The van der Waals surface area contributed by atoms with Crippen LogP contribution in [0.25, 0.3) is 0 Å². The van der Waals surface area contributed by atoms with Gasteiger partial charge in [-0.3, -0.25) is 9.59 Å². The van der Waals surface area contributed by atoms with Gasteiger partial charge in [0.25, 0.3) is 5.91 Å². The van der Waals surface area contributed by atoms with Crippen LogP contribution in [0.2, 0.25) is 0 Å². The Kier molecular flexibility index (Phi) is 6.17. The molecule has 1 saturated heterocycles. The first-order valence-electron chi connectivity index (χ1n) is 13.9. The summed E-state index contributed by atoms with van der Waals surface area (Å²) in [5.41, 5.74) is 8.00. The van der Waals surface area contributed by atoms with Crippen LogP contribution in [0.5, 0.6) is 0 Å². The van der Waals surface area contributed by atoms with Crippen LogP contribution < -0.4 is 11.1 Å². The lowest BCUT2D eigenvalue weighted by atomic mass is 9.94. The molecule has 0 aromatic heterocycles. The molecule has 39 heavy (non-hydrogen) atoms. The van der Waals surface area contributed by atoms with Crippen LogP contribution in [0.1, 0.15) is 68.7 Å². The van der Waals surface area contributed by atoms with Crippen LogP contribution in [0.15, 0.2) is 42.5 Å². The Balaban J connectivity index is 1.20. The highest BCUT2D eigenvalue weighted by Crippen LogP contribution is 2.46. The summed E-state index contributed by atoms with van der Waals surface area (Å²) >= 11 is 0. The third kappa shape index (κ3) is 4.67. The summed E-state index contributed by atoms with van der Waals surface area (Å²) in [5, 5.41) is 3.38. The first-order chi connectivity index (χ1) is 18.6. The molecule has 2 saturated carbocycles. The zero-order chi connectivity index (χ0) is 27.5. The third-order valence-electron chi connectivity index (χ3n) is 8.99. The molecule has 8 nitrogen and oxygen atoms in total. The number of ether oxygens (including phenoxy) is 1. The molecule has 206 valence electrons. The summed E-state index contributed by atoms with van der Waals surface area (Å²) in [6.45, 7) is 4.18. The first-order valence-corrected chi connectivity index (χ1v) is 13.9. The molecule has 2 aromatic carbocycles. The monoisotopic (exact) mass is 534 g/mol. The Hall–Kier alpha value is -3.46. The van der Waals surface area contributed by atoms with Crippen LogP contribution in [-0.4, -0.2) is 52.4 Å². The second-order valence-electron chi connectivity index (χ2n) is 11.8. The summed E-state index contributed by atoms with van der Waals surface area (Å²) in [6, 6.07) is 11.4. The van der Waals surface area contributed by atoms with Crippen molar-refractivity contribution in [1.29, 1.82) is 0 Å². The Bertz CT molecular complexity index is 1320. The standard InChI is InChI=1S/C30H35FN4O4/c1-18(20-3-4-20)35(19(2)21-5-7-23(31)8-6-21)26(36)16-34-27(37)30(39-28(34)38)12-11-22-15-24(9-10-25(22)30)33-17-29(32)13-14-29/h5-10,15,18-20,33H,3-4,11-14,16-17,32H2,1-2H3/t18-,19?,30?/m0/s1. The van der Waals surface area contributed by atoms with Gasteiger partial charge >= 0.3 is 6.09 Å². The van der Waals surface area contributed by atoms with Gasteiger partial charge in [-0.15, -0.1) is 0 Å². The number of hydrogen-bond acceptors (Lipinski definition) is 6. The van der Waals surface area contributed by atoms with E-state index in [1.165, 1.54) is 12.1 Å². The van der Waals surface area contributed by atoms with Crippen molar-refractivity contribution >= 4 is 23.6 Å². The molecule has 3 atom stereocenters. The smallest absolute Gasteiger partial charge is 0.418 e. The molecule has 1 spiro atoms. The minimum Gasteiger partial charge on any atom is -0.427 e. The van der Waals surface area contributed by atoms with Gasteiger partial charge in [-0.05, 0) is 87.3 Å². The van der Waals surface area contributed by atoms with E-state index in [0.717, 1.165) is 47.4 Å². The average Bonchev–Trinajstić information content (AvgIpc) is 3.84. The minimum absolute atomic E-state index is 0.0818. The first kappa shape index (κ1) is 25.8. The molecule has 4 aliphatic rings. The number of fused-ring (bicyclic) bond motifs is 2. The molecule has 0 radical (unpaired) electrons. The molecule has 3 amide bonds. The van der Waals surface area contributed by atoms with Crippen LogP contribution in [0.3, 0.4) is 0 Å². The maximum atomic E-state index is 13.7. The van der Waals surface area contributed by atoms with E-state index in [0.29, 0.717) is 30.9 Å². The van der Waals surface area contributed by atoms with E-state index in [1.807, 2.05) is 32.0 Å². The number of rotatable bonds is 9. The Morgan fingerprint density at radius 3 is 2.54 bits per heavy atom. The van der Waals surface area contributed by atoms with Crippen LogP contribution >= 0.6 is 0 Å². The number of carbonyl (C=O) groups is 3. The lowest BCUT2D eigenvalue weighted by Gasteiger charge is -2.36. The van der Waals surface area contributed by atoms with Gasteiger partial charge in [0, 0.05) is 35.8 Å². The lowest BCUT2D eigenvalue weighted by molar-refractivity contribution is -0.144. The number of nitrogens with zero attached hydrogens (tertiary/aromatic N) is 2. The van der Waals surface area contributed by atoms with Crippen molar-refractivity contribution < 1.29 is 23.5 Å². The van der Waals surface area contributed by atoms with Crippen LogP contribution in [0.4, 0.5) is 14.9 Å². The summed E-state index contributed by atoms with van der Waals surface area (Å²) in [5.74, 6) is -0.807. The molecule has 2 unspecified atom stereocenters. The third-order valence-corrected chi connectivity index (χ3v) is 8.99. The van der Waals surface area contributed by atoms with E-state index >= 15 is 0 Å². The largest absolute Gasteiger partial charge is 0.427 e. The molecule has 9 heteroatoms. The summed E-state index contributed by atoms with van der Waals surface area (Å²) < 4.78 is 19.3. The molecule has 2 aromatic rings. The molecular weight excluding hydrogens is 499 g/mol. The number of halogens is 1. The van der Waals surface area contributed by atoms with Gasteiger partial charge in [-0.25, -0.2) is 14.1 Å². The zero-order valence-electron chi connectivity index (χ0n) is 22.4. The van der Waals surface area contributed by atoms with E-state index in [9.17, 15) is 18.8 Å². The van der Waals surface area contributed by atoms with Gasteiger partial charge in [0.15, 0.2) is 0 Å². The fourth-order valence-electron chi connectivity index (χ4n) is 6.10. The predicted molar refractivity (Wildman–Crippen MR) is 143 cm³/mol. The second kappa shape index (κ2) is 9.33. The van der Waals surface area contributed by atoms with Gasteiger partial charge in [-0.1, -0.05) is 18.2 Å². The molecular formula is C30H35FN4O4. The van der Waals surface area contributed by atoms with Crippen molar-refractivity contribution in [2.24, 2.45) is 11.7 Å². The van der Waals surface area contributed by atoms with Gasteiger partial charge in [-0.2, -0.15) is 0 Å². The van der Waals surface area contributed by atoms with E-state index in [-0.39, 0.29) is 29.3 Å². The van der Waals surface area contributed by atoms with Crippen LogP contribution in [0, 0.1) is 11.7 Å². The normalized spacial score (nSPS) is 24.4. The number of aryl methyl sites for hydroxylation is 1. The number of amides is 3. The fraction of sp³-hybridized carbons (Fsp3) is 0.500. The van der Waals surface area contributed by atoms with Gasteiger partial charge in [0.1, 0.15) is 12.4 Å². The quantitative estimate of drug-likeness (QED) is 0.499. The van der Waals surface area contributed by atoms with E-state index in [4.69, 9.17) is 10.5 Å². The predicted octanol–water partition coefficient (Wildman–Crippen LogP) is 4.24. The number of nitrogens with one attached hydrogen (secondary N) is 1. The van der Waals surface area contributed by atoms with E-state index < -0.39 is 24.1 Å². The Morgan fingerprint density at radius 1 is 1.15 bits per heavy atom. The Labute approximate surface area is 227 Å². The molecule has 0 bridgehead atoms. The summed E-state index contributed by atoms with van der Waals surface area (Å²) in [4.78, 5) is 43.2. The lowest BCUT2D eigenvalue weighted by Crippen LogP contribution is -2.48. The van der Waals surface area contributed by atoms with Crippen LogP contribution in [-0.2, 0) is 26.3 Å². The molecule has 1 heterocycles. The highest BCUT2D eigenvalue weighted by molar-refractivity contribution is 6.06. The van der Waals surface area contributed by atoms with E-state index in [1.54, 1.807) is 17.0 Å². The number of benzene rings is 2. The van der Waals surface area contributed by atoms with Crippen molar-refractivity contribution in [3.05, 3.63) is 65.0 Å². The number of nitrogens with two attached hydrogens (primary N) is 1. The van der Waals surface area contributed by atoms with Crippen molar-refractivity contribution in [3.63, 3.8) is 0 Å². The topological polar surface area (TPSA) is 105 Å². The number of imide groups is 1. The van der Waals surface area contributed by atoms with Crippen molar-refractivity contribution in [3.8, 4) is 0 Å². The maximum absolute atomic E-state index is 13.7. The molecule has 3 N–H and O–H groups in total. The van der Waals surface area contributed by atoms with Gasteiger partial charge in [0.05, 0.1) is 6.04 Å². The average molecular weight is 535 g/mol. The minimum atomic E-state index is -1.40. The van der Waals surface area contributed by atoms with Gasteiger partial charge < -0.3 is 20.7 Å². The number of hydrogen-bond donors (Lipinski definition) is 2. The number of carbonyl (C=O) groups excluding carboxylic acids is 3. The SMILES string of the molecule is CC(c1ccc(F)cc1)N(C(=O)CN1C(=O)OC2(CCc3cc(NCC4(N)CC4)ccc32)C1=O)[C@@H](C)C1CC1. The number of anilines is 1. The molecule has 3 aliphatic carbocycles. The molecule has 3 fully saturated rings. The van der Waals surface area contributed by atoms with Crippen molar-refractivity contribution in [2.45, 2.75) is 75.6 Å². The van der Waals surface area contributed by atoms with E-state index in [2.05, 4.69) is 5.32 Å². The van der Waals surface area contributed by atoms with Crippen molar-refractivity contribution in [2.75, 3.05) is 18.4 Å². The maximum Gasteiger partial charge on any atom is 0.418 e. The van der Waals surface area contributed by atoms with Crippen molar-refractivity contribution in [1.82, 2.24) is 9.80 Å². The second-order valence-corrected chi connectivity index (χ2v) is 11.8. The molecule has 1 aliphatic heterocycles. The Morgan fingerprint density at radius 2 is 1.87 bits per heavy atom.